The zero-order chi connectivity index (χ0) is 45.6. The maximum absolute atomic E-state index is 6.76. The lowest BCUT2D eigenvalue weighted by Gasteiger charge is -2.26. The molecule has 11 aromatic rings. The van der Waals surface area contributed by atoms with Crippen LogP contribution in [0.3, 0.4) is 0 Å². The fraction of sp³-hybridized carbons (Fsp3) is 0.129. The van der Waals surface area contributed by atoms with Crippen LogP contribution in [0.15, 0.2) is 191 Å². The van der Waals surface area contributed by atoms with Crippen LogP contribution in [0.25, 0.3) is 43.9 Å². The molecule has 0 saturated heterocycles. The van der Waals surface area contributed by atoms with Crippen LogP contribution >= 0.6 is 0 Å². The van der Waals surface area contributed by atoms with Crippen molar-refractivity contribution in [2.24, 2.45) is 0 Å². The van der Waals surface area contributed by atoms with Crippen LogP contribution in [0.2, 0.25) is 0 Å². The molecule has 0 bridgehead atoms. The Hall–Kier alpha value is -8.22. The summed E-state index contributed by atoms with van der Waals surface area (Å²) in [6.45, 7) is 8.65. The number of anilines is 6. The summed E-state index contributed by atoms with van der Waals surface area (Å²) >= 11 is 0. The van der Waals surface area contributed by atoms with Crippen molar-refractivity contribution < 1.29 is 18.3 Å². The summed E-state index contributed by atoms with van der Waals surface area (Å²) in [5.74, 6) is 1.95. The van der Waals surface area contributed by atoms with E-state index in [0.717, 1.165) is 113 Å². The lowest BCUT2D eigenvalue weighted by molar-refractivity contribution is 0.238. The first-order chi connectivity index (χ1) is 33.3. The van der Waals surface area contributed by atoms with E-state index in [1.165, 1.54) is 33.4 Å². The van der Waals surface area contributed by atoms with E-state index in [0.29, 0.717) is 0 Å². The van der Waals surface area contributed by atoms with Gasteiger partial charge in [-0.15, -0.1) is 0 Å². The van der Waals surface area contributed by atoms with Crippen molar-refractivity contribution in [2.75, 3.05) is 9.80 Å². The molecule has 2 aliphatic heterocycles. The number of hydrogen-bond donors (Lipinski definition) is 0. The molecule has 4 heterocycles. The predicted molar refractivity (Wildman–Crippen MR) is 276 cm³/mol. The Kier molecular flexibility index (Phi) is 9.26. The Morgan fingerprint density at radius 2 is 0.706 bits per heavy atom. The van der Waals surface area contributed by atoms with Crippen LogP contribution in [0.5, 0.6) is 11.5 Å². The van der Waals surface area contributed by atoms with E-state index in [4.69, 9.17) is 18.3 Å². The summed E-state index contributed by atoms with van der Waals surface area (Å²) in [5, 5.41) is 4.11. The smallest absolute Gasteiger partial charge is 0.137 e. The van der Waals surface area contributed by atoms with Crippen LogP contribution < -0.4 is 19.3 Å². The molecule has 0 radical (unpaired) electrons. The Balaban J connectivity index is 0.845. The third-order valence-corrected chi connectivity index (χ3v) is 14.4. The number of rotatable bonds is 8. The quantitative estimate of drug-likeness (QED) is 0.152. The van der Waals surface area contributed by atoms with Crippen molar-refractivity contribution in [2.45, 2.75) is 52.7 Å². The van der Waals surface area contributed by atoms with Gasteiger partial charge in [-0.05, 0) is 169 Å². The molecule has 0 saturated carbocycles. The highest BCUT2D eigenvalue weighted by Gasteiger charge is 2.27. The summed E-state index contributed by atoms with van der Waals surface area (Å²) in [6, 6.07) is 64.9. The van der Waals surface area contributed by atoms with Gasteiger partial charge in [-0.25, -0.2) is 0 Å². The van der Waals surface area contributed by atoms with Crippen molar-refractivity contribution in [3.8, 4) is 11.5 Å². The van der Waals surface area contributed by atoms with Gasteiger partial charge in [0.15, 0.2) is 0 Å². The number of furan rings is 2. The fourth-order valence-electron chi connectivity index (χ4n) is 10.3. The second kappa shape index (κ2) is 15.7. The van der Waals surface area contributed by atoms with Gasteiger partial charge in [0.2, 0.25) is 0 Å². The number of benzene rings is 9. The molecule has 330 valence electrons. The van der Waals surface area contributed by atoms with E-state index < -0.39 is 0 Å². The standard InChI is InChI=1S/C62H48N2O4/c1-37-13-19-47(29-39(37)3)63(45-21-15-41(16-22-45)57-31-43-9-5-7-11-55(43)65-57)49-25-27-51-53-35-62-54(36-61(53)67-59(51)33-49)52-28-26-50(34-60(52)68-62)64(48-20-14-38(2)40(4)30-48)46-23-17-42(18-24-46)58-32-44-10-6-8-12-56(44)66-58/h5-30,33-36,57-58H,31-32H2,1-4H3. The number of hydrogen-bond acceptors (Lipinski definition) is 6. The Morgan fingerprint density at radius 1 is 0.338 bits per heavy atom. The van der Waals surface area contributed by atoms with Crippen molar-refractivity contribution in [3.05, 3.63) is 226 Å². The van der Waals surface area contributed by atoms with Crippen molar-refractivity contribution in [1.82, 2.24) is 0 Å². The van der Waals surface area contributed by atoms with Gasteiger partial charge >= 0.3 is 0 Å². The minimum Gasteiger partial charge on any atom is -0.485 e. The average Bonchev–Trinajstić information content (AvgIpc) is 4.16. The van der Waals surface area contributed by atoms with Gasteiger partial charge < -0.3 is 28.1 Å². The van der Waals surface area contributed by atoms with Gasteiger partial charge in [0.25, 0.3) is 0 Å². The van der Waals surface area contributed by atoms with Crippen LogP contribution in [-0.2, 0) is 12.8 Å². The first-order valence-corrected chi connectivity index (χ1v) is 23.5. The first kappa shape index (κ1) is 40.1. The Morgan fingerprint density at radius 3 is 1.12 bits per heavy atom. The molecular weight excluding hydrogens is 837 g/mol. The maximum atomic E-state index is 6.76. The predicted octanol–water partition coefficient (Wildman–Crippen LogP) is 17.0. The Bertz CT molecular complexity index is 3470. The van der Waals surface area contributed by atoms with E-state index in [-0.39, 0.29) is 12.2 Å². The van der Waals surface area contributed by atoms with Crippen molar-refractivity contribution in [1.29, 1.82) is 0 Å². The van der Waals surface area contributed by atoms with Gasteiger partial charge in [0.1, 0.15) is 46.0 Å². The topological polar surface area (TPSA) is 51.2 Å². The summed E-state index contributed by atoms with van der Waals surface area (Å²) in [6.07, 6.45) is 1.74. The fourth-order valence-corrected chi connectivity index (χ4v) is 10.3. The van der Waals surface area contributed by atoms with Crippen LogP contribution in [0.1, 0.15) is 56.7 Å². The monoisotopic (exact) mass is 884 g/mol. The van der Waals surface area contributed by atoms with Crippen molar-refractivity contribution in [3.63, 3.8) is 0 Å². The zero-order valence-corrected chi connectivity index (χ0v) is 38.4. The maximum Gasteiger partial charge on any atom is 0.137 e. The van der Waals surface area contributed by atoms with Crippen LogP contribution in [-0.4, -0.2) is 0 Å². The molecule has 0 spiro atoms. The highest BCUT2D eigenvalue weighted by Crippen LogP contribution is 2.45. The highest BCUT2D eigenvalue weighted by molar-refractivity contribution is 6.15. The van der Waals surface area contributed by atoms with Gasteiger partial charge in [-0.2, -0.15) is 0 Å². The molecule has 6 heteroatoms. The Labute approximate surface area is 395 Å². The largest absolute Gasteiger partial charge is 0.485 e. The van der Waals surface area contributed by atoms with Crippen LogP contribution in [0, 0.1) is 27.7 Å². The molecule has 6 nitrogen and oxygen atoms in total. The number of fused-ring (bicyclic) bond motifs is 8. The summed E-state index contributed by atoms with van der Waals surface area (Å²) in [7, 11) is 0. The summed E-state index contributed by atoms with van der Waals surface area (Å²) in [4.78, 5) is 4.62. The van der Waals surface area contributed by atoms with E-state index in [1.807, 2.05) is 12.1 Å². The lowest BCUT2D eigenvalue weighted by Crippen LogP contribution is -2.11. The normalized spacial score (nSPS) is 15.2. The summed E-state index contributed by atoms with van der Waals surface area (Å²) < 4.78 is 26.2. The molecule has 0 aliphatic carbocycles. The average molecular weight is 885 g/mol. The molecule has 9 aromatic carbocycles. The third-order valence-electron chi connectivity index (χ3n) is 14.4. The molecule has 0 amide bonds. The zero-order valence-electron chi connectivity index (χ0n) is 38.4. The number of ether oxygens (including phenoxy) is 2. The van der Waals surface area contributed by atoms with E-state index >= 15 is 0 Å². The summed E-state index contributed by atoms with van der Waals surface area (Å²) in [5.41, 5.74) is 19.4. The van der Waals surface area contributed by atoms with E-state index in [1.54, 1.807) is 0 Å². The molecule has 0 fully saturated rings. The first-order valence-electron chi connectivity index (χ1n) is 23.5. The minimum atomic E-state index is 0.00105. The van der Waals surface area contributed by atoms with Crippen molar-refractivity contribution >= 4 is 78.0 Å². The second-order valence-electron chi connectivity index (χ2n) is 18.6. The molecule has 13 rings (SSSR count). The molecule has 2 unspecified atom stereocenters. The van der Waals surface area contributed by atoms with E-state index in [9.17, 15) is 0 Å². The van der Waals surface area contributed by atoms with Gasteiger partial charge in [-0.3, -0.25) is 0 Å². The molecule has 0 N–H and O–H groups in total. The van der Waals surface area contributed by atoms with Gasteiger partial charge in [0.05, 0.1) is 0 Å². The SMILES string of the molecule is Cc1ccc(N(c2ccc(C3Cc4ccccc4O3)cc2)c2ccc3c(c2)oc2cc4c(cc23)oc2cc(N(c3ccc(C5Cc6ccccc6O5)cc3)c3ccc(C)c(C)c3)ccc24)cc1C. The molecule has 2 atom stereocenters. The molecule has 68 heavy (non-hydrogen) atoms. The molecule has 2 aromatic heterocycles. The second-order valence-corrected chi connectivity index (χ2v) is 18.6. The van der Waals surface area contributed by atoms with E-state index in [2.05, 4.69) is 207 Å². The minimum absolute atomic E-state index is 0.00105. The highest BCUT2D eigenvalue weighted by atomic mass is 16.5. The molecule has 2 aliphatic rings. The lowest BCUT2D eigenvalue weighted by atomic mass is 10.0. The van der Waals surface area contributed by atoms with Gasteiger partial charge in [-0.1, -0.05) is 72.8 Å². The third kappa shape index (κ3) is 6.78. The number of aryl methyl sites for hydroxylation is 4. The number of nitrogens with zero attached hydrogens (tertiary/aromatic N) is 2. The van der Waals surface area contributed by atoms with Gasteiger partial charge in [0, 0.05) is 80.6 Å². The molecular formula is C62H48N2O4. The number of para-hydroxylation sites is 2. The van der Waals surface area contributed by atoms with Crippen LogP contribution in [0.4, 0.5) is 34.1 Å².